The summed E-state index contributed by atoms with van der Waals surface area (Å²) in [5.74, 6) is -2.22. The van der Waals surface area contributed by atoms with Crippen molar-refractivity contribution < 1.29 is 117 Å². The minimum absolute atomic E-state index is 0.0394. The third kappa shape index (κ3) is 36.1. The van der Waals surface area contributed by atoms with Crippen LogP contribution in [-0.4, -0.2) is 204 Å². The van der Waals surface area contributed by atoms with Crippen molar-refractivity contribution in [1.82, 2.24) is 0 Å². The zero-order valence-electron chi connectivity index (χ0n) is 57.7. The van der Waals surface area contributed by atoms with Gasteiger partial charge in [0.1, 0.15) is 98.7 Å². The van der Waals surface area contributed by atoms with Gasteiger partial charge >= 0.3 is 25.7 Å². The van der Waals surface area contributed by atoms with Crippen molar-refractivity contribution >= 4 is 25.7 Å². The minimum atomic E-state index is -5.70. The zero-order valence-corrected chi connectivity index (χ0v) is 58.6. The Morgan fingerprint density at radius 3 is 1.24 bits per heavy atom. The van der Waals surface area contributed by atoms with Crippen LogP contribution in [-0.2, 0) is 61.2 Å². The molecule has 0 aromatic heterocycles. The van der Waals surface area contributed by atoms with Gasteiger partial charge in [-0.1, -0.05) is 251 Å². The molecule has 0 radical (unpaired) electrons. The molecule has 2 saturated heterocycles. The first-order valence-corrected chi connectivity index (χ1v) is 38.2. The van der Waals surface area contributed by atoms with Crippen LogP contribution in [0.2, 0.25) is 0 Å². The van der Waals surface area contributed by atoms with Crippen LogP contribution >= 0.6 is 7.82 Å². The third-order valence-electron chi connectivity index (χ3n) is 18.1. The number of esters is 3. The molecule has 24 nitrogen and oxygen atoms in total. The standard InChI is InChI=1S/C70H127O24P/c1-4-7-10-13-16-19-22-24-26-28-31-33-36-39-42-45-55(73)87-50-53-58(76)60(78)65(83)70(91-53)93-67-63(81)61(79)62(80)66(92-69-64(82)59(77)57(75)52(47-71)90-69)68(67)94-95(84,85)88-49-51(89-56(74)46-43-40-37-34-29-21-18-15-12-9-6-3)48-86-54(72)44-41-38-35-32-30-27-25-23-20-17-14-11-8-5-2/h36,39,42,45,51-53,57-71,75-83H,4-35,37-38,40-41,43-44,46-50H2,1-3H3,(H,84,85)/b39-36+,45-42+. The molecule has 556 valence electrons. The summed E-state index contributed by atoms with van der Waals surface area (Å²) < 4.78 is 64.7. The normalized spacial score (nSPS) is 28.2. The van der Waals surface area contributed by atoms with Crippen molar-refractivity contribution in [2.75, 3.05) is 26.4 Å². The summed E-state index contributed by atoms with van der Waals surface area (Å²) in [6.07, 6.45) is 11.8. The van der Waals surface area contributed by atoms with E-state index in [0.717, 1.165) is 96.0 Å². The molecule has 0 spiro atoms. The number of aliphatic hydroxyl groups excluding tert-OH is 10. The Labute approximate surface area is 566 Å². The fraction of sp³-hybridized carbons (Fsp3) is 0.900. The van der Waals surface area contributed by atoms with Gasteiger partial charge in [0.2, 0.25) is 0 Å². The van der Waals surface area contributed by atoms with Crippen LogP contribution in [0, 0.1) is 0 Å². The van der Waals surface area contributed by atoms with Gasteiger partial charge in [-0.3, -0.25) is 18.6 Å². The lowest BCUT2D eigenvalue weighted by molar-refractivity contribution is -0.360. The van der Waals surface area contributed by atoms with Gasteiger partial charge in [0.25, 0.3) is 0 Å². The zero-order chi connectivity index (χ0) is 69.6. The maximum Gasteiger partial charge on any atom is 0.472 e. The second-order valence-corrected chi connectivity index (χ2v) is 27.8. The van der Waals surface area contributed by atoms with Gasteiger partial charge in [-0.05, 0) is 25.7 Å². The summed E-state index contributed by atoms with van der Waals surface area (Å²) in [5.41, 5.74) is 0. The Kier molecular flexibility index (Phi) is 47.8. The molecule has 11 N–H and O–H groups in total. The number of hydrogen-bond donors (Lipinski definition) is 11. The Bertz CT molecular complexity index is 2070. The molecule has 18 unspecified atom stereocenters. The van der Waals surface area contributed by atoms with Gasteiger partial charge in [-0.15, -0.1) is 0 Å². The molecule has 0 amide bonds. The number of phosphoric acid groups is 1. The van der Waals surface area contributed by atoms with Crippen molar-refractivity contribution in [3.8, 4) is 0 Å². The molecular formula is C70H127O24P. The van der Waals surface area contributed by atoms with E-state index in [2.05, 4.69) is 20.8 Å². The maximum atomic E-state index is 14.3. The lowest BCUT2D eigenvalue weighted by Gasteiger charge is -2.49. The van der Waals surface area contributed by atoms with Crippen LogP contribution in [0.3, 0.4) is 0 Å². The fourth-order valence-corrected chi connectivity index (χ4v) is 13.0. The molecular weight excluding hydrogens is 1260 g/mol. The van der Waals surface area contributed by atoms with Crippen LogP contribution < -0.4 is 0 Å². The van der Waals surface area contributed by atoms with Gasteiger partial charge in [0.05, 0.1) is 13.2 Å². The number of unbranched alkanes of at least 4 members (excludes halogenated alkanes) is 34. The highest BCUT2D eigenvalue weighted by molar-refractivity contribution is 7.47. The quantitative estimate of drug-likeness (QED) is 0.00674. The van der Waals surface area contributed by atoms with E-state index >= 15 is 0 Å². The van der Waals surface area contributed by atoms with Crippen LogP contribution in [0.25, 0.3) is 0 Å². The number of hydrogen-bond acceptors (Lipinski definition) is 23. The molecule has 0 aromatic rings. The van der Waals surface area contributed by atoms with E-state index in [4.69, 9.17) is 42.2 Å². The third-order valence-corrected chi connectivity index (χ3v) is 19.1. The number of carbonyl (C=O) groups is 3. The number of phosphoric ester groups is 1. The van der Waals surface area contributed by atoms with Crippen molar-refractivity contribution in [1.29, 1.82) is 0 Å². The molecule has 18 atom stereocenters. The number of carbonyl (C=O) groups excluding carboxylic acids is 3. The van der Waals surface area contributed by atoms with Crippen molar-refractivity contribution in [3.05, 3.63) is 24.3 Å². The lowest BCUT2D eigenvalue weighted by Crippen LogP contribution is -2.69. The van der Waals surface area contributed by atoms with Crippen LogP contribution in [0.4, 0.5) is 0 Å². The van der Waals surface area contributed by atoms with Gasteiger partial charge in [0.15, 0.2) is 18.7 Å². The van der Waals surface area contributed by atoms with Gasteiger partial charge in [-0.25, -0.2) is 9.36 Å². The molecule has 3 fully saturated rings. The first-order valence-electron chi connectivity index (χ1n) is 36.7. The van der Waals surface area contributed by atoms with E-state index in [1.807, 2.05) is 6.08 Å². The van der Waals surface area contributed by atoms with Gasteiger partial charge < -0.3 is 89.1 Å². The van der Waals surface area contributed by atoms with Gasteiger partial charge in [0, 0.05) is 18.9 Å². The smallest absolute Gasteiger partial charge is 0.462 e. The summed E-state index contributed by atoms with van der Waals surface area (Å²) in [6, 6.07) is 0. The number of ether oxygens (including phenoxy) is 7. The van der Waals surface area contributed by atoms with E-state index in [0.29, 0.717) is 12.8 Å². The monoisotopic (exact) mass is 1380 g/mol. The Morgan fingerprint density at radius 1 is 0.432 bits per heavy atom. The molecule has 2 aliphatic heterocycles. The Morgan fingerprint density at radius 2 is 0.811 bits per heavy atom. The molecule has 3 rings (SSSR count). The SMILES string of the molecule is CCCCCCCCCCCCC/C=C/C=C/C(=O)OCC1OC(OC2C(O)C(O)C(O)C(OC3OC(CO)C(O)C(O)C3O)C2OP(=O)(O)OCC(COC(=O)CCCCCCCCCCCCCCCC)OC(=O)CCCCCCCCCCCCC)C(O)C(O)C1O. The molecule has 2 heterocycles. The molecule has 1 aliphatic carbocycles. The molecule has 95 heavy (non-hydrogen) atoms. The topological polar surface area (TPSA) is 374 Å². The lowest BCUT2D eigenvalue weighted by atomic mass is 9.84. The first-order chi connectivity index (χ1) is 45.8. The fourth-order valence-electron chi connectivity index (χ4n) is 12.1. The summed E-state index contributed by atoms with van der Waals surface area (Å²) in [6.45, 7) is 3.34. The van der Waals surface area contributed by atoms with Crippen molar-refractivity contribution in [2.45, 2.75) is 375 Å². The Hall–Kier alpha value is -2.56. The molecule has 3 aliphatic rings. The van der Waals surface area contributed by atoms with E-state index in [9.17, 15) is 74.9 Å². The summed E-state index contributed by atoms with van der Waals surface area (Å²) >= 11 is 0. The van der Waals surface area contributed by atoms with Crippen molar-refractivity contribution in [3.63, 3.8) is 0 Å². The molecule has 0 bridgehead atoms. The van der Waals surface area contributed by atoms with E-state index in [1.54, 1.807) is 6.08 Å². The Balaban J connectivity index is 1.75. The van der Waals surface area contributed by atoms with E-state index in [1.165, 1.54) is 141 Å². The number of allylic oxidation sites excluding steroid dienone is 3. The van der Waals surface area contributed by atoms with Crippen LogP contribution in [0.15, 0.2) is 24.3 Å². The van der Waals surface area contributed by atoms with Crippen LogP contribution in [0.5, 0.6) is 0 Å². The summed E-state index contributed by atoms with van der Waals surface area (Å²) in [7, 11) is -5.70. The summed E-state index contributed by atoms with van der Waals surface area (Å²) in [5, 5.41) is 110. The van der Waals surface area contributed by atoms with E-state index in [-0.39, 0.29) is 12.8 Å². The molecule has 0 aromatic carbocycles. The second-order valence-electron chi connectivity index (χ2n) is 26.4. The van der Waals surface area contributed by atoms with Crippen molar-refractivity contribution in [2.24, 2.45) is 0 Å². The van der Waals surface area contributed by atoms with Gasteiger partial charge in [-0.2, -0.15) is 0 Å². The minimum Gasteiger partial charge on any atom is -0.462 e. The summed E-state index contributed by atoms with van der Waals surface area (Å²) in [4.78, 5) is 50.7. The first kappa shape index (κ1) is 86.7. The number of aliphatic hydroxyl groups is 10. The number of rotatable bonds is 56. The predicted octanol–water partition coefficient (Wildman–Crippen LogP) is 9.35. The highest BCUT2D eigenvalue weighted by Crippen LogP contribution is 2.49. The van der Waals surface area contributed by atoms with E-state index < -0.39 is 156 Å². The molecule has 1 saturated carbocycles. The second kappa shape index (κ2) is 52.4. The maximum absolute atomic E-state index is 14.3. The average Bonchev–Trinajstić information content (AvgIpc) is 0.764. The van der Waals surface area contributed by atoms with Crippen LogP contribution in [0.1, 0.15) is 271 Å². The predicted molar refractivity (Wildman–Crippen MR) is 356 cm³/mol. The molecule has 25 heteroatoms. The highest BCUT2D eigenvalue weighted by atomic mass is 31.2. The largest absolute Gasteiger partial charge is 0.472 e. The average molecular weight is 1380 g/mol. The highest BCUT2D eigenvalue weighted by Gasteiger charge is 2.58.